The van der Waals surface area contributed by atoms with Crippen LogP contribution in [0.1, 0.15) is 42.1 Å². The van der Waals surface area contributed by atoms with Crippen molar-refractivity contribution in [2.75, 3.05) is 5.32 Å². The SMILES string of the molecule is Cn1ncc2c1CCCC2NS(=O)(=O)c1cc2c(cc1Br)CCC(=O)N2. The van der Waals surface area contributed by atoms with Gasteiger partial charge < -0.3 is 5.32 Å². The molecular formula is C17H19BrN4O3S. The first-order valence-electron chi connectivity index (χ1n) is 8.50. The molecule has 1 aromatic carbocycles. The van der Waals surface area contributed by atoms with E-state index >= 15 is 0 Å². The summed E-state index contributed by atoms with van der Waals surface area (Å²) in [6, 6.07) is 3.01. The number of amides is 1. The van der Waals surface area contributed by atoms with E-state index in [0.717, 1.165) is 36.1 Å². The normalized spacial score (nSPS) is 19.6. The smallest absolute Gasteiger partial charge is 0.242 e. The summed E-state index contributed by atoms with van der Waals surface area (Å²) in [5, 5.41) is 7.02. The number of nitrogens with zero attached hydrogens (tertiary/aromatic N) is 2. The number of anilines is 1. The molecule has 2 heterocycles. The van der Waals surface area contributed by atoms with E-state index < -0.39 is 10.0 Å². The van der Waals surface area contributed by atoms with Crippen molar-refractivity contribution in [2.24, 2.45) is 7.05 Å². The van der Waals surface area contributed by atoms with Gasteiger partial charge in [0.1, 0.15) is 0 Å². The van der Waals surface area contributed by atoms with Crippen LogP contribution in [0.3, 0.4) is 0 Å². The lowest BCUT2D eigenvalue weighted by atomic mass is 9.94. The number of nitrogens with one attached hydrogen (secondary N) is 2. The number of fused-ring (bicyclic) bond motifs is 2. The Morgan fingerprint density at radius 1 is 1.31 bits per heavy atom. The van der Waals surface area contributed by atoms with Gasteiger partial charge in [-0.2, -0.15) is 5.10 Å². The Bertz CT molecular complexity index is 1000. The molecule has 4 rings (SSSR count). The summed E-state index contributed by atoms with van der Waals surface area (Å²) >= 11 is 3.38. The second-order valence-electron chi connectivity index (χ2n) is 6.72. The van der Waals surface area contributed by atoms with Crippen molar-refractivity contribution < 1.29 is 13.2 Å². The van der Waals surface area contributed by atoms with Crippen LogP contribution >= 0.6 is 15.9 Å². The number of sulfonamides is 1. The maximum absolute atomic E-state index is 13.0. The standard InChI is InChI=1S/C17H19BrN4O3S/c1-22-15-4-2-3-13(11(15)9-19-22)21-26(24,25)16-8-14-10(7-12(16)18)5-6-17(23)20-14/h7-9,13,21H,2-6H2,1H3,(H,20,23). The molecular weight excluding hydrogens is 420 g/mol. The summed E-state index contributed by atoms with van der Waals surface area (Å²) in [5.41, 5.74) is 3.50. The van der Waals surface area contributed by atoms with Crippen LogP contribution in [0.25, 0.3) is 0 Å². The summed E-state index contributed by atoms with van der Waals surface area (Å²) < 4.78 is 31.2. The first kappa shape index (κ1) is 17.7. The fourth-order valence-electron chi connectivity index (χ4n) is 3.66. The zero-order valence-corrected chi connectivity index (χ0v) is 16.7. The van der Waals surface area contributed by atoms with Gasteiger partial charge in [-0.25, -0.2) is 13.1 Å². The topological polar surface area (TPSA) is 93.1 Å². The van der Waals surface area contributed by atoms with Gasteiger partial charge in [0.25, 0.3) is 0 Å². The van der Waals surface area contributed by atoms with Crippen LogP contribution < -0.4 is 10.0 Å². The Labute approximate surface area is 160 Å². The molecule has 0 saturated heterocycles. The average Bonchev–Trinajstić information content (AvgIpc) is 2.97. The molecule has 1 unspecified atom stereocenters. The van der Waals surface area contributed by atoms with Crippen LogP contribution in [0.4, 0.5) is 5.69 Å². The van der Waals surface area contributed by atoms with Crippen LogP contribution in [0, 0.1) is 0 Å². The highest BCUT2D eigenvalue weighted by Crippen LogP contribution is 2.35. The Kier molecular flexibility index (Phi) is 4.40. The van der Waals surface area contributed by atoms with Gasteiger partial charge in [-0.3, -0.25) is 9.48 Å². The lowest BCUT2D eigenvalue weighted by Gasteiger charge is -2.24. The van der Waals surface area contributed by atoms with Crippen LogP contribution in [0.15, 0.2) is 27.7 Å². The zero-order valence-electron chi connectivity index (χ0n) is 14.3. The first-order chi connectivity index (χ1) is 12.3. The van der Waals surface area contributed by atoms with Crippen molar-refractivity contribution in [3.8, 4) is 0 Å². The highest BCUT2D eigenvalue weighted by molar-refractivity contribution is 9.10. The van der Waals surface area contributed by atoms with Gasteiger partial charge >= 0.3 is 0 Å². The number of rotatable bonds is 3. The van der Waals surface area contributed by atoms with Gasteiger partial charge in [-0.05, 0) is 59.3 Å². The monoisotopic (exact) mass is 438 g/mol. The summed E-state index contributed by atoms with van der Waals surface area (Å²) in [6.45, 7) is 0. The van der Waals surface area contributed by atoms with Crippen molar-refractivity contribution in [3.05, 3.63) is 39.6 Å². The number of aromatic nitrogens is 2. The molecule has 26 heavy (non-hydrogen) atoms. The number of aryl methyl sites for hydroxylation is 2. The summed E-state index contributed by atoms with van der Waals surface area (Å²) in [7, 11) is -1.89. The number of halogens is 1. The van der Waals surface area contributed by atoms with Gasteiger partial charge in [0.2, 0.25) is 15.9 Å². The Balaban J connectivity index is 1.68. The summed E-state index contributed by atoms with van der Waals surface area (Å²) in [6.07, 6.45) is 5.30. The summed E-state index contributed by atoms with van der Waals surface area (Å²) in [5.74, 6) is -0.0941. The maximum atomic E-state index is 13.0. The van der Waals surface area contributed by atoms with Crippen LogP contribution in [-0.4, -0.2) is 24.1 Å². The van der Waals surface area contributed by atoms with Crippen molar-refractivity contribution in [1.29, 1.82) is 0 Å². The average molecular weight is 439 g/mol. The quantitative estimate of drug-likeness (QED) is 0.769. The predicted octanol–water partition coefficient (Wildman–Crippen LogP) is 2.42. The van der Waals surface area contributed by atoms with Crippen LogP contribution in [-0.2, 0) is 34.7 Å². The zero-order chi connectivity index (χ0) is 18.5. The predicted molar refractivity (Wildman–Crippen MR) is 100 cm³/mol. The molecule has 1 atom stereocenters. The molecule has 0 spiro atoms. The van der Waals surface area contributed by atoms with E-state index in [1.165, 1.54) is 6.07 Å². The molecule has 2 aliphatic rings. The van der Waals surface area contributed by atoms with Gasteiger partial charge in [0.05, 0.1) is 17.1 Å². The molecule has 7 nitrogen and oxygen atoms in total. The molecule has 0 bridgehead atoms. The number of carbonyl (C=O) groups is 1. The molecule has 1 aromatic heterocycles. The Hall–Kier alpha value is -1.71. The molecule has 2 N–H and O–H groups in total. The minimum atomic E-state index is -3.76. The number of hydrogen-bond acceptors (Lipinski definition) is 4. The van der Waals surface area contributed by atoms with Crippen LogP contribution in [0.5, 0.6) is 0 Å². The van der Waals surface area contributed by atoms with Gasteiger partial charge in [-0.1, -0.05) is 0 Å². The molecule has 138 valence electrons. The second-order valence-corrected chi connectivity index (χ2v) is 9.26. The van der Waals surface area contributed by atoms with E-state index in [4.69, 9.17) is 0 Å². The van der Waals surface area contributed by atoms with Gasteiger partial charge in [-0.15, -0.1) is 0 Å². The number of hydrogen-bond donors (Lipinski definition) is 2. The van der Waals surface area contributed by atoms with Crippen molar-refractivity contribution in [1.82, 2.24) is 14.5 Å². The van der Waals surface area contributed by atoms with Crippen molar-refractivity contribution in [3.63, 3.8) is 0 Å². The van der Waals surface area contributed by atoms with E-state index in [1.807, 2.05) is 7.05 Å². The van der Waals surface area contributed by atoms with Crippen molar-refractivity contribution in [2.45, 2.75) is 43.0 Å². The third-order valence-corrected chi connectivity index (χ3v) is 7.45. The third kappa shape index (κ3) is 3.08. The number of benzene rings is 1. The molecule has 1 amide bonds. The molecule has 1 aliphatic heterocycles. The minimum Gasteiger partial charge on any atom is -0.326 e. The molecule has 2 aromatic rings. The molecule has 9 heteroatoms. The summed E-state index contributed by atoms with van der Waals surface area (Å²) in [4.78, 5) is 11.8. The lowest BCUT2D eigenvalue weighted by molar-refractivity contribution is -0.116. The maximum Gasteiger partial charge on any atom is 0.242 e. The molecule has 0 fully saturated rings. The highest BCUT2D eigenvalue weighted by Gasteiger charge is 2.30. The highest BCUT2D eigenvalue weighted by atomic mass is 79.9. The van der Waals surface area contributed by atoms with E-state index in [-0.39, 0.29) is 16.8 Å². The fraction of sp³-hybridized carbons (Fsp3) is 0.412. The second kappa shape index (κ2) is 6.47. The Morgan fingerprint density at radius 2 is 2.12 bits per heavy atom. The largest absolute Gasteiger partial charge is 0.326 e. The fourth-order valence-corrected chi connectivity index (χ4v) is 6.03. The first-order valence-corrected chi connectivity index (χ1v) is 10.8. The van der Waals surface area contributed by atoms with Crippen molar-refractivity contribution >= 4 is 37.5 Å². The van der Waals surface area contributed by atoms with Gasteiger partial charge in [0.15, 0.2) is 0 Å². The van der Waals surface area contributed by atoms with E-state index in [0.29, 0.717) is 23.0 Å². The minimum absolute atomic E-state index is 0.0941. The van der Waals surface area contributed by atoms with Crippen LogP contribution in [0.2, 0.25) is 0 Å². The Morgan fingerprint density at radius 3 is 2.92 bits per heavy atom. The number of carbonyl (C=O) groups excluding carboxylic acids is 1. The molecule has 0 radical (unpaired) electrons. The van der Waals surface area contributed by atoms with E-state index in [9.17, 15) is 13.2 Å². The lowest BCUT2D eigenvalue weighted by Crippen LogP contribution is -2.31. The van der Waals surface area contributed by atoms with Gasteiger partial charge in [0, 0.05) is 34.9 Å². The third-order valence-electron chi connectivity index (χ3n) is 5.02. The molecule has 1 aliphatic carbocycles. The molecule has 0 saturated carbocycles. The van der Waals surface area contributed by atoms with E-state index in [2.05, 4.69) is 31.1 Å². The van der Waals surface area contributed by atoms with E-state index in [1.54, 1.807) is 16.9 Å².